The predicted molar refractivity (Wildman–Crippen MR) is 303 cm³/mol. The number of hydrogen-bond acceptors (Lipinski definition) is 24. The van der Waals surface area contributed by atoms with E-state index in [4.69, 9.17) is 32.0 Å². The molecule has 3 aromatic carbocycles. The Balaban J connectivity index is -0.000000191. The van der Waals surface area contributed by atoms with Crippen molar-refractivity contribution in [3.05, 3.63) is 108 Å². The monoisotopic (exact) mass is 1350 g/mol. The molecule has 0 aromatic heterocycles. The first-order chi connectivity index (χ1) is 40.8. The summed E-state index contributed by atoms with van der Waals surface area (Å²) >= 11 is 0. The normalized spacial score (nSPS) is 17.6. The first-order valence-corrected chi connectivity index (χ1v) is 28.9. The van der Waals surface area contributed by atoms with E-state index in [0.717, 1.165) is 36.1 Å². The van der Waals surface area contributed by atoms with Crippen molar-refractivity contribution in [2.24, 2.45) is 41.4 Å². The van der Waals surface area contributed by atoms with Crippen molar-refractivity contribution in [1.82, 2.24) is 0 Å². The van der Waals surface area contributed by atoms with Crippen LogP contribution in [-0.2, 0) is 91.6 Å². The van der Waals surface area contributed by atoms with Gasteiger partial charge in [-0.25, -0.2) is 0 Å². The summed E-state index contributed by atoms with van der Waals surface area (Å²) in [5, 5.41) is 87.9. The molecule has 1 unspecified atom stereocenters. The fourth-order valence-corrected chi connectivity index (χ4v) is 7.29. The third-order valence-electron chi connectivity index (χ3n) is 12.8. The zero-order valence-corrected chi connectivity index (χ0v) is 65.8. The molecule has 2 fully saturated rings. The number of benzene rings is 3. The van der Waals surface area contributed by atoms with Gasteiger partial charge in [0.15, 0.2) is 17.3 Å². The summed E-state index contributed by atoms with van der Waals surface area (Å²) < 4.78 is 15.1. The van der Waals surface area contributed by atoms with Crippen molar-refractivity contribution in [2.45, 2.75) is 150 Å². The molecule has 2 aliphatic rings. The van der Waals surface area contributed by atoms with E-state index in [2.05, 4.69) is 6.92 Å². The van der Waals surface area contributed by atoms with E-state index >= 15 is 0 Å². The number of carboxylic acid groups (broad SMARTS) is 5. The summed E-state index contributed by atoms with van der Waals surface area (Å²) in [7, 11) is 5.70. The Morgan fingerprint density at radius 3 is 0.957 bits per heavy atom. The molecule has 3 aromatic rings. The molecule has 0 heterocycles. The van der Waals surface area contributed by atoms with Gasteiger partial charge in [0.2, 0.25) is 0 Å². The quantitative estimate of drug-likeness (QED) is 0.0153. The Labute approximate surface area is 651 Å². The van der Waals surface area contributed by atoms with E-state index in [0.29, 0.717) is 34.1 Å². The van der Waals surface area contributed by atoms with Gasteiger partial charge in [-0.15, -0.1) is 0 Å². The molecule has 4 N–H and O–H groups in total. The number of hydrogen-bond donors (Lipinski definition) is 4. The number of rotatable bonds is 25. The maximum Gasteiger partial charge on any atom is 1.00 e. The number of aldehydes is 1. The number of aliphatic hydroxyl groups is 4. The van der Waals surface area contributed by atoms with Crippen LogP contribution in [0.3, 0.4) is 0 Å². The fourth-order valence-electron chi connectivity index (χ4n) is 7.29. The Morgan fingerprint density at radius 1 is 0.511 bits per heavy atom. The Kier molecular flexibility index (Phi) is 68.0. The molecule has 0 saturated heterocycles. The third-order valence-corrected chi connectivity index (χ3v) is 13.2. The van der Waals surface area contributed by atoms with Crippen LogP contribution >= 0.6 is 8.46 Å². The standard InChI is InChI=1S/2C15H18O6.C12H14O3.2C7H12O3.C3H4O3.C2H6BP.5Na/c2*1-10(12(16)8-13(17)15(19)20)7-14(18)21-9-11-5-3-2-4-6-11;1-10(8-13)7-12(14)15-9-11-5-3-2-4-6-11;2*1-4-2-5(7(9)10)3-6(4)8;1-2(4)3(5)6;1-2-4-3;;;;;/h2*2-6,10,12,16H,7-9H2,1H3,(H,19,20);2-6,8,10H,7,9H2,1H3;2*4-6,8H,2-3H2,1H3,(H,9,10);1H3,(H,5,6);4H,2H2,1H3;;;;;/q;;;;;;;5*+1/p-5/t10-,12+;10-,12-;10-;4-,5+,6+;4-,5-,6-;;;;;;;/m11111......./s1. The number of carbonyl (C=O) groups is 12. The van der Waals surface area contributed by atoms with Gasteiger partial charge in [0.05, 0.1) is 43.7 Å². The van der Waals surface area contributed by atoms with E-state index in [1.807, 2.05) is 105 Å². The van der Waals surface area contributed by atoms with Crippen LogP contribution in [0.1, 0.15) is 123 Å². The predicted octanol–water partition coefficient (Wildman–Crippen LogP) is -16.0. The molecule has 12 atom stereocenters. The van der Waals surface area contributed by atoms with Crippen molar-refractivity contribution in [3.8, 4) is 0 Å². The molecule has 24 nitrogen and oxygen atoms in total. The van der Waals surface area contributed by atoms with E-state index in [9.17, 15) is 93.3 Å². The van der Waals surface area contributed by atoms with E-state index < -0.39 is 120 Å². The van der Waals surface area contributed by atoms with Crippen LogP contribution in [0.15, 0.2) is 91.0 Å². The zero-order chi connectivity index (χ0) is 66.8. The van der Waals surface area contributed by atoms with Crippen LogP contribution in [-0.4, -0.2) is 130 Å². The van der Waals surface area contributed by atoms with Gasteiger partial charge in [0.1, 0.15) is 51.6 Å². The summed E-state index contributed by atoms with van der Waals surface area (Å²) in [5.74, 6) is -14.1. The summed E-state index contributed by atoms with van der Waals surface area (Å²) in [6.07, 6.45) is -0.807. The summed E-state index contributed by atoms with van der Waals surface area (Å²) in [5.41, 5.74) is 2.63. The van der Waals surface area contributed by atoms with Gasteiger partial charge in [-0.2, -0.15) is 8.46 Å². The van der Waals surface area contributed by atoms with Gasteiger partial charge in [-0.1, -0.05) is 133 Å². The SMILES string of the molecule is CC(=O)C(=O)[O-].C[C@@H](C=O)CC(=O)OCc1ccccc1.C[C@@H]1C[C@@H](C(=O)[O-])C[C@H]1O.C[C@@H]1C[C@H](C(=O)[O-])C[C@@H]1O.C[C@H](CC(=O)OCc1ccccc1)[C@@H](O)CC(=O)C(=O)[O-].C[C@H](CC(=O)OCc1ccccc1)[C@H](O)CC(=O)C(=O)[O-].[B]PCC.[Na+].[Na+].[Na+].[Na+].[Na+]. The van der Waals surface area contributed by atoms with Gasteiger partial charge in [-0.05, 0) is 72.2 Å². The van der Waals surface area contributed by atoms with Crippen molar-refractivity contribution >= 4 is 87.4 Å². The number of ketones is 3. The number of aliphatic carboxylic acids is 5. The molecule has 2 radical (unpaired) electrons. The van der Waals surface area contributed by atoms with Crippen molar-refractivity contribution < 1.29 is 265 Å². The number of Topliss-reactive ketones (excluding diaryl/α,β-unsaturated/α-hetero) is 3. The van der Waals surface area contributed by atoms with Crippen LogP contribution in [0.2, 0.25) is 0 Å². The van der Waals surface area contributed by atoms with Crippen molar-refractivity contribution in [2.75, 3.05) is 6.16 Å². The van der Waals surface area contributed by atoms with Crippen LogP contribution in [0.25, 0.3) is 0 Å². The molecule has 0 bridgehead atoms. The number of aliphatic hydroxyl groups excluding tert-OH is 4. The van der Waals surface area contributed by atoms with Crippen LogP contribution in [0.5, 0.6) is 0 Å². The average molecular weight is 1350 g/mol. The van der Waals surface area contributed by atoms with Gasteiger partial charge >= 0.3 is 166 Å². The topological polar surface area (TPSA) is 429 Å². The molecule has 2 saturated carbocycles. The number of esters is 3. The molecule has 0 spiro atoms. The maximum absolute atomic E-state index is 11.6. The molecule has 2 aliphatic carbocycles. The molecule has 31 heteroatoms. The van der Waals surface area contributed by atoms with Crippen LogP contribution in [0.4, 0.5) is 0 Å². The number of carbonyl (C=O) groups excluding carboxylic acids is 12. The summed E-state index contributed by atoms with van der Waals surface area (Å²) in [4.78, 5) is 126. The second kappa shape index (κ2) is 60.8. The Morgan fingerprint density at radius 2 is 0.772 bits per heavy atom. The van der Waals surface area contributed by atoms with Crippen LogP contribution in [0, 0.1) is 41.4 Å². The first-order valence-electron chi connectivity index (χ1n) is 27.6. The van der Waals surface area contributed by atoms with Crippen molar-refractivity contribution in [1.29, 1.82) is 0 Å². The molecular weight excluding hydrogens is 1270 g/mol. The van der Waals surface area contributed by atoms with Gasteiger partial charge < -0.3 is 88.9 Å². The first kappa shape index (κ1) is 103. The van der Waals surface area contributed by atoms with Crippen LogP contribution < -0.4 is 173 Å². The largest absolute Gasteiger partial charge is 1.00 e. The van der Waals surface area contributed by atoms with E-state index in [-0.39, 0.29) is 211 Å². The summed E-state index contributed by atoms with van der Waals surface area (Å²) in [6.45, 7) is 12.0. The minimum absolute atomic E-state index is 0. The minimum atomic E-state index is -1.84. The molecule has 5 rings (SSSR count). The third kappa shape index (κ3) is 52.6. The second-order valence-corrected chi connectivity index (χ2v) is 21.7. The average Bonchev–Trinajstić information content (AvgIpc) is 2.68. The van der Waals surface area contributed by atoms with Gasteiger partial charge in [-0.3, -0.25) is 28.8 Å². The smallest absolute Gasteiger partial charge is 0.550 e. The Bertz CT molecular complexity index is 2440. The molecule has 92 heavy (non-hydrogen) atoms. The number of carboxylic acids is 5. The minimum Gasteiger partial charge on any atom is -0.550 e. The molecule has 0 aliphatic heterocycles. The number of ether oxygens (including phenoxy) is 3. The summed E-state index contributed by atoms with van der Waals surface area (Å²) in [6, 6.07) is 27.7. The van der Waals surface area contributed by atoms with E-state index in [1.54, 1.807) is 6.92 Å². The fraction of sp³-hybridized carbons (Fsp3) is 0.508. The molecule has 480 valence electrons. The Hall–Kier alpha value is -2.57. The van der Waals surface area contributed by atoms with Gasteiger partial charge in [0.25, 0.3) is 0 Å². The second-order valence-electron chi connectivity index (χ2n) is 20.5. The van der Waals surface area contributed by atoms with Crippen molar-refractivity contribution in [3.63, 3.8) is 0 Å². The zero-order valence-electron chi connectivity index (χ0n) is 54.8. The van der Waals surface area contributed by atoms with E-state index in [1.165, 1.54) is 13.8 Å². The van der Waals surface area contributed by atoms with Gasteiger partial charge in [0, 0.05) is 49.5 Å². The molecular formula is C61H79BNa5O24P. The molecule has 0 amide bonds. The maximum atomic E-state index is 11.6.